The number of carbonyl (C=O) groups excluding carboxylic acids is 1. The van der Waals surface area contributed by atoms with Gasteiger partial charge in [0.25, 0.3) is 0 Å². The summed E-state index contributed by atoms with van der Waals surface area (Å²) in [6.45, 7) is 0. The third kappa shape index (κ3) is 3.38. The standard InChI is InChI=1S/C21H13N3O2/c22-14-17(15-23)19-10-4-5-11-24(19)20(13-18-9-6-12-26-18)21(25)16-7-2-1-3-8-16/h1-13H. The van der Waals surface area contributed by atoms with E-state index in [4.69, 9.17) is 4.42 Å². The van der Waals surface area contributed by atoms with Crippen molar-refractivity contribution >= 4 is 11.9 Å². The van der Waals surface area contributed by atoms with Gasteiger partial charge in [-0.25, -0.2) is 0 Å². The molecule has 0 N–H and O–H groups in total. The number of hydrogen-bond acceptors (Lipinski definition) is 5. The smallest absolute Gasteiger partial charge is 0.209 e. The Morgan fingerprint density at radius 1 is 1.04 bits per heavy atom. The first-order chi connectivity index (χ1) is 12.7. The molecular weight excluding hydrogens is 326 g/mol. The second-order valence-electron chi connectivity index (χ2n) is 5.29. The number of ketones is 1. The van der Waals surface area contributed by atoms with E-state index in [1.807, 2.05) is 18.2 Å². The Balaban J connectivity index is 2.15. The zero-order valence-electron chi connectivity index (χ0n) is 13.7. The molecule has 0 bridgehead atoms. The maximum atomic E-state index is 13.1. The molecule has 0 spiro atoms. The molecule has 5 nitrogen and oxygen atoms in total. The highest BCUT2D eigenvalue weighted by Crippen LogP contribution is 2.26. The summed E-state index contributed by atoms with van der Waals surface area (Å²) >= 11 is 0. The molecule has 124 valence electrons. The van der Waals surface area contributed by atoms with Crippen molar-refractivity contribution in [1.82, 2.24) is 4.90 Å². The molecule has 1 aliphatic heterocycles. The van der Waals surface area contributed by atoms with E-state index in [0.717, 1.165) is 0 Å². The Kier molecular flexibility index (Phi) is 4.93. The average Bonchev–Trinajstić information content (AvgIpc) is 3.21. The van der Waals surface area contributed by atoms with Gasteiger partial charge in [0.2, 0.25) is 5.78 Å². The fourth-order valence-electron chi connectivity index (χ4n) is 2.49. The van der Waals surface area contributed by atoms with E-state index in [0.29, 0.717) is 17.0 Å². The molecule has 0 fully saturated rings. The molecule has 3 rings (SSSR count). The molecule has 0 atom stereocenters. The summed E-state index contributed by atoms with van der Waals surface area (Å²) < 4.78 is 5.35. The average molecular weight is 339 g/mol. The van der Waals surface area contributed by atoms with Gasteiger partial charge in [0.05, 0.1) is 17.7 Å². The summed E-state index contributed by atoms with van der Waals surface area (Å²) in [5, 5.41) is 18.5. The van der Waals surface area contributed by atoms with Crippen LogP contribution in [-0.4, -0.2) is 10.7 Å². The SMILES string of the molecule is N#CC(C#N)=C1C=CC=CN1C(=Cc1ccco1)C(=O)c1ccccc1. The fraction of sp³-hybridized carbons (Fsp3) is 0. The number of rotatable bonds is 4. The molecule has 26 heavy (non-hydrogen) atoms. The lowest BCUT2D eigenvalue weighted by atomic mass is 10.0. The Morgan fingerprint density at radius 2 is 1.81 bits per heavy atom. The Bertz CT molecular complexity index is 995. The minimum atomic E-state index is -0.255. The summed E-state index contributed by atoms with van der Waals surface area (Å²) in [6.07, 6.45) is 9.79. The molecule has 2 aromatic rings. The predicted molar refractivity (Wildman–Crippen MR) is 95.8 cm³/mol. The molecule has 5 heteroatoms. The topological polar surface area (TPSA) is 81.0 Å². The van der Waals surface area contributed by atoms with Crippen LogP contribution in [0.4, 0.5) is 0 Å². The molecule has 2 heterocycles. The highest BCUT2D eigenvalue weighted by molar-refractivity contribution is 6.11. The molecular formula is C21H13N3O2. The maximum absolute atomic E-state index is 13.1. The van der Waals surface area contributed by atoms with Crippen LogP contribution < -0.4 is 0 Å². The van der Waals surface area contributed by atoms with Gasteiger partial charge in [-0.05, 0) is 24.3 Å². The number of hydrogen-bond donors (Lipinski definition) is 0. The van der Waals surface area contributed by atoms with E-state index in [1.54, 1.807) is 66.9 Å². The Labute approximate surface area is 150 Å². The van der Waals surface area contributed by atoms with Crippen LogP contribution in [0.1, 0.15) is 16.1 Å². The zero-order chi connectivity index (χ0) is 18.4. The van der Waals surface area contributed by atoms with Crippen molar-refractivity contribution in [2.75, 3.05) is 0 Å². The second kappa shape index (κ2) is 7.65. The second-order valence-corrected chi connectivity index (χ2v) is 5.29. The van der Waals surface area contributed by atoms with Gasteiger partial charge in [0.15, 0.2) is 5.57 Å². The number of nitriles is 2. The Hall–Kier alpha value is -4.09. The zero-order valence-corrected chi connectivity index (χ0v) is 13.7. The molecule has 0 amide bonds. The first-order valence-corrected chi connectivity index (χ1v) is 7.78. The minimum absolute atomic E-state index is 0.0863. The van der Waals surface area contributed by atoms with Crippen LogP contribution >= 0.6 is 0 Å². The van der Waals surface area contributed by atoms with Gasteiger partial charge in [-0.15, -0.1) is 0 Å². The highest BCUT2D eigenvalue weighted by Gasteiger charge is 2.23. The molecule has 0 saturated carbocycles. The van der Waals surface area contributed by atoms with Crippen molar-refractivity contribution in [3.63, 3.8) is 0 Å². The van der Waals surface area contributed by atoms with Crippen LogP contribution in [0.2, 0.25) is 0 Å². The third-order valence-electron chi connectivity index (χ3n) is 3.69. The fourth-order valence-corrected chi connectivity index (χ4v) is 2.49. The number of nitrogens with zero attached hydrogens (tertiary/aromatic N) is 3. The molecule has 0 unspecified atom stereocenters. The van der Waals surface area contributed by atoms with Crippen LogP contribution in [0.25, 0.3) is 6.08 Å². The maximum Gasteiger partial charge on any atom is 0.209 e. The first-order valence-electron chi connectivity index (χ1n) is 7.78. The molecule has 0 aliphatic carbocycles. The molecule has 1 aromatic heterocycles. The summed E-state index contributed by atoms with van der Waals surface area (Å²) in [4.78, 5) is 14.6. The Morgan fingerprint density at radius 3 is 2.46 bits per heavy atom. The number of benzene rings is 1. The predicted octanol–water partition coefficient (Wildman–Crippen LogP) is 4.19. The van der Waals surface area contributed by atoms with E-state index < -0.39 is 0 Å². The van der Waals surface area contributed by atoms with Gasteiger partial charge >= 0.3 is 0 Å². The first kappa shape index (κ1) is 16.8. The summed E-state index contributed by atoms with van der Waals surface area (Å²) in [5.74, 6) is 0.233. The van der Waals surface area contributed by atoms with Gasteiger partial charge in [-0.1, -0.05) is 36.4 Å². The van der Waals surface area contributed by atoms with Crippen molar-refractivity contribution in [2.45, 2.75) is 0 Å². The van der Waals surface area contributed by atoms with Crippen LogP contribution in [0, 0.1) is 22.7 Å². The van der Waals surface area contributed by atoms with Gasteiger partial charge in [-0.2, -0.15) is 10.5 Å². The van der Waals surface area contributed by atoms with Crippen molar-refractivity contribution in [2.24, 2.45) is 0 Å². The molecule has 0 radical (unpaired) electrons. The summed E-state index contributed by atoms with van der Waals surface area (Å²) in [7, 11) is 0. The number of furan rings is 1. The van der Waals surface area contributed by atoms with E-state index >= 15 is 0 Å². The largest absolute Gasteiger partial charge is 0.465 e. The highest BCUT2D eigenvalue weighted by atomic mass is 16.3. The van der Waals surface area contributed by atoms with Gasteiger partial charge in [0.1, 0.15) is 17.9 Å². The minimum Gasteiger partial charge on any atom is -0.465 e. The van der Waals surface area contributed by atoms with Crippen molar-refractivity contribution < 1.29 is 9.21 Å². The van der Waals surface area contributed by atoms with E-state index in [1.165, 1.54) is 11.2 Å². The van der Waals surface area contributed by atoms with Crippen LogP contribution in [0.5, 0.6) is 0 Å². The molecule has 0 saturated heterocycles. The number of Topliss-reactive ketones (excluding diaryl/α,β-unsaturated/α-hetero) is 1. The number of carbonyl (C=O) groups is 1. The lowest BCUT2D eigenvalue weighted by molar-refractivity contribution is 0.101. The van der Waals surface area contributed by atoms with Crippen LogP contribution in [0.15, 0.2) is 94.5 Å². The van der Waals surface area contributed by atoms with Crippen molar-refractivity contribution in [3.8, 4) is 12.1 Å². The van der Waals surface area contributed by atoms with Gasteiger partial charge in [0, 0.05) is 17.8 Å². The normalized spacial score (nSPS) is 13.2. The van der Waals surface area contributed by atoms with Gasteiger partial charge < -0.3 is 9.32 Å². The molecule has 1 aromatic carbocycles. The summed E-state index contributed by atoms with van der Waals surface area (Å²) in [6, 6.07) is 16.0. The van der Waals surface area contributed by atoms with Gasteiger partial charge in [-0.3, -0.25) is 4.79 Å². The summed E-state index contributed by atoms with van der Waals surface area (Å²) in [5.41, 5.74) is 1.00. The quantitative estimate of drug-likeness (QED) is 0.474. The lowest BCUT2D eigenvalue weighted by Gasteiger charge is -2.25. The van der Waals surface area contributed by atoms with Crippen LogP contribution in [0.3, 0.4) is 0 Å². The van der Waals surface area contributed by atoms with E-state index in [-0.39, 0.29) is 17.1 Å². The van der Waals surface area contributed by atoms with Crippen LogP contribution in [-0.2, 0) is 0 Å². The van der Waals surface area contributed by atoms with E-state index in [9.17, 15) is 15.3 Å². The van der Waals surface area contributed by atoms with Crippen molar-refractivity contribution in [1.29, 1.82) is 10.5 Å². The third-order valence-corrected chi connectivity index (χ3v) is 3.69. The van der Waals surface area contributed by atoms with E-state index in [2.05, 4.69) is 0 Å². The lowest BCUT2D eigenvalue weighted by Crippen LogP contribution is -2.24. The number of allylic oxidation sites excluding steroid dienone is 5. The van der Waals surface area contributed by atoms with Crippen molar-refractivity contribution in [3.05, 3.63) is 101 Å². The molecule has 1 aliphatic rings. The monoisotopic (exact) mass is 339 g/mol.